The Morgan fingerprint density at radius 2 is 1.91 bits per heavy atom. The van der Waals surface area contributed by atoms with Crippen molar-refractivity contribution in [2.24, 2.45) is 0 Å². The number of nitrogens with one attached hydrogen (secondary N) is 4. The number of hydrogen-bond acceptors (Lipinski definition) is 6. The van der Waals surface area contributed by atoms with Gasteiger partial charge < -0.3 is 10.6 Å². The third kappa shape index (κ3) is 4.95. The van der Waals surface area contributed by atoms with Gasteiger partial charge in [-0.25, -0.2) is 0 Å². The second-order valence-electron chi connectivity index (χ2n) is 8.30. The van der Waals surface area contributed by atoms with Crippen LogP contribution in [0.3, 0.4) is 0 Å². The minimum Gasteiger partial charge on any atom is -0.350 e. The highest BCUT2D eigenvalue weighted by molar-refractivity contribution is 6.03. The monoisotopic (exact) mass is 456 g/mol. The van der Waals surface area contributed by atoms with Gasteiger partial charge in [-0.2, -0.15) is 5.26 Å². The molecular weight excluding hydrogens is 428 g/mol. The number of carbonyl (C=O) groups is 2. The number of carbonyl (C=O) groups excluding carboxylic acids is 2. The van der Waals surface area contributed by atoms with Crippen LogP contribution in [0, 0.1) is 11.3 Å². The molecular formula is C26H28N6O2. The van der Waals surface area contributed by atoms with E-state index in [2.05, 4.69) is 34.6 Å². The van der Waals surface area contributed by atoms with Gasteiger partial charge in [-0.05, 0) is 41.2 Å². The van der Waals surface area contributed by atoms with Gasteiger partial charge in [-0.3, -0.25) is 20.0 Å². The van der Waals surface area contributed by atoms with Gasteiger partial charge in [-0.1, -0.05) is 55.5 Å². The molecule has 4 N–H and O–H groups in total. The van der Waals surface area contributed by atoms with Crippen LogP contribution in [0.1, 0.15) is 42.1 Å². The largest absolute Gasteiger partial charge is 0.350 e. The van der Waals surface area contributed by atoms with Crippen LogP contribution in [0.4, 0.5) is 0 Å². The molecule has 1 aliphatic heterocycles. The zero-order valence-corrected chi connectivity index (χ0v) is 19.3. The molecule has 174 valence electrons. The Kier molecular flexibility index (Phi) is 6.95. The van der Waals surface area contributed by atoms with Gasteiger partial charge in [0.25, 0.3) is 5.91 Å². The molecule has 0 spiro atoms. The number of hydrazine groups is 2. The molecule has 2 aliphatic rings. The summed E-state index contributed by atoms with van der Waals surface area (Å²) in [7, 11) is 0. The SMILES string of the molecule is CCc1ccc(C(C#N)NC(=O)C2=CN(CCNC(=O)C3=C(C)c4ccccc4C3)NN2)cc1. The number of aryl methyl sites for hydroxylation is 1. The van der Waals surface area contributed by atoms with E-state index in [1.165, 1.54) is 11.1 Å². The van der Waals surface area contributed by atoms with Crippen molar-refractivity contribution < 1.29 is 9.59 Å². The Bertz CT molecular complexity index is 1190. The fraction of sp³-hybridized carbons (Fsp3) is 0.269. The molecule has 1 heterocycles. The van der Waals surface area contributed by atoms with E-state index in [4.69, 9.17) is 0 Å². The van der Waals surface area contributed by atoms with Crippen LogP contribution >= 0.6 is 0 Å². The number of benzene rings is 2. The molecule has 2 amide bonds. The third-order valence-corrected chi connectivity index (χ3v) is 6.14. The molecule has 0 fully saturated rings. The van der Waals surface area contributed by atoms with Gasteiger partial charge in [0.1, 0.15) is 11.7 Å². The fourth-order valence-electron chi connectivity index (χ4n) is 4.11. The van der Waals surface area contributed by atoms with E-state index in [-0.39, 0.29) is 5.91 Å². The third-order valence-electron chi connectivity index (χ3n) is 6.14. The summed E-state index contributed by atoms with van der Waals surface area (Å²) in [5, 5.41) is 16.9. The van der Waals surface area contributed by atoms with Crippen LogP contribution in [-0.4, -0.2) is 29.9 Å². The van der Waals surface area contributed by atoms with Gasteiger partial charge in [-0.15, -0.1) is 5.53 Å². The fourth-order valence-corrected chi connectivity index (χ4v) is 4.11. The quantitative estimate of drug-likeness (QED) is 0.485. The first-order valence-electron chi connectivity index (χ1n) is 11.4. The lowest BCUT2D eigenvalue weighted by atomic mass is 10.0. The van der Waals surface area contributed by atoms with Crippen LogP contribution in [0.5, 0.6) is 0 Å². The molecule has 4 rings (SSSR count). The van der Waals surface area contributed by atoms with E-state index in [9.17, 15) is 14.9 Å². The van der Waals surface area contributed by atoms with Gasteiger partial charge in [0.05, 0.1) is 12.6 Å². The van der Waals surface area contributed by atoms with E-state index in [0.717, 1.165) is 28.7 Å². The summed E-state index contributed by atoms with van der Waals surface area (Å²) >= 11 is 0. The second-order valence-corrected chi connectivity index (χ2v) is 8.30. The van der Waals surface area contributed by atoms with E-state index in [1.807, 2.05) is 55.5 Å². The molecule has 1 atom stereocenters. The van der Waals surface area contributed by atoms with Crippen molar-refractivity contribution in [2.45, 2.75) is 32.7 Å². The Hall–Kier alpha value is -4.09. The van der Waals surface area contributed by atoms with E-state index >= 15 is 0 Å². The van der Waals surface area contributed by atoms with Crippen LogP contribution in [-0.2, 0) is 22.4 Å². The smallest absolute Gasteiger partial charge is 0.271 e. The lowest BCUT2D eigenvalue weighted by molar-refractivity contribution is -0.118. The molecule has 0 saturated heterocycles. The predicted molar refractivity (Wildman–Crippen MR) is 129 cm³/mol. The maximum atomic E-state index is 12.7. The topological polar surface area (TPSA) is 109 Å². The Balaban J connectivity index is 1.27. The number of allylic oxidation sites excluding steroid dienone is 1. The molecule has 1 unspecified atom stereocenters. The number of rotatable bonds is 8. The number of fused-ring (bicyclic) bond motifs is 1. The molecule has 2 aromatic rings. The van der Waals surface area contributed by atoms with E-state index in [1.54, 1.807) is 11.2 Å². The van der Waals surface area contributed by atoms with E-state index < -0.39 is 11.9 Å². The van der Waals surface area contributed by atoms with Crippen LogP contribution in [0.15, 0.2) is 66.0 Å². The number of amides is 2. The van der Waals surface area contributed by atoms with Crippen molar-refractivity contribution in [3.63, 3.8) is 0 Å². The van der Waals surface area contributed by atoms with Crippen molar-refractivity contribution in [3.8, 4) is 6.07 Å². The summed E-state index contributed by atoms with van der Waals surface area (Å²) in [6.45, 7) is 4.89. The highest BCUT2D eigenvalue weighted by atomic mass is 16.2. The highest BCUT2D eigenvalue weighted by Crippen LogP contribution is 2.32. The number of nitrogens with zero attached hydrogens (tertiary/aromatic N) is 2. The molecule has 0 bridgehead atoms. The molecule has 0 saturated carbocycles. The van der Waals surface area contributed by atoms with E-state index in [0.29, 0.717) is 25.2 Å². The molecule has 8 heteroatoms. The van der Waals surface area contributed by atoms with Gasteiger partial charge >= 0.3 is 0 Å². The van der Waals surface area contributed by atoms with Crippen LogP contribution in [0.2, 0.25) is 0 Å². The molecule has 34 heavy (non-hydrogen) atoms. The molecule has 0 aromatic heterocycles. The molecule has 1 aliphatic carbocycles. The first-order chi connectivity index (χ1) is 16.5. The van der Waals surface area contributed by atoms with Crippen molar-refractivity contribution >= 4 is 17.4 Å². The molecule has 8 nitrogen and oxygen atoms in total. The summed E-state index contributed by atoms with van der Waals surface area (Å²) in [5.41, 5.74) is 12.0. The first-order valence-corrected chi connectivity index (χ1v) is 11.4. The lowest BCUT2D eigenvalue weighted by Gasteiger charge is -2.15. The summed E-state index contributed by atoms with van der Waals surface area (Å²) in [4.78, 5) is 25.3. The first kappa shape index (κ1) is 23.1. The number of nitriles is 1. The van der Waals surface area contributed by atoms with Crippen LogP contribution < -0.4 is 21.6 Å². The Morgan fingerprint density at radius 1 is 1.15 bits per heavy atom. The normalized spacial score (nSPS) is 15.2. The lowest BCUT2D eigenvalue weighted by Crippen LogP contribution is -2.42. The highest BCUT2D eigenvalue weighted by Gasteiger charge is 2.24. The minimum atomic E-state index is -0.749. The predicted octanol–water partition coefficient (Wildman–Crippen LogP) is 2.24. The summed E-state index contributed by atoms with van der Waals surface area (Å²) in [5.74, 6) is -0.469. The van der Waals surface area contributed by atoms with Crippen molar-refractivity contribution in [3.05, 3.63) is 88.3 Å². The minimum absolute atomic E-state index is 0.0752. The number of hydrogen-bond donors (Lipinski definition) is 4. The van der Waals surface area contributed by atoms with Gasteiger partial charge in [0.15, 0.2) is 0 Å². The van der Waals surface area contributed by atoms with Crippen molar-refractivity contribution in [1.82, 2.24) is 26.6 Å². The zero-order valence-electron chi connectivity index (χ0n) is 19.3. The Labute approximate surface area is 199 Å². The second kappa shape index (κ2) is 10.2. The maximum absolute atomic E-state index is 12.7. The van der Waals surface area contributed by atoms with Crippen LogP contribution in [0.25, 0.3) is 5.57 Å². The van der Waals surface area contributed by atoms with Crippen molar-refractivity contribution in [1.29, 1.82) is 5.26 Å². The van der Waals surface area contributed by atoms with Gasteiger partial charge in [0.2, 0.25) is 5.91 Å². The van der Waals surface area contributed by atoms with Crippen molar-refractivity contribution in [2.75, 3.05) is 13.1 Å². The average molecular weight is 457 g/mol. The Morgan fingerprint density at radius 3 is 2.62 bits per heavy atom. The zero-order chi connectivity index (χ0) is 24.1. The maximum Gasteiger partial charge on any atom is 0.271 e. The standard InChI is InChI=1S/C26H28N6O2/c1-3-18-8-10-19(11-9-18)23(15-27)29-26(34)24-16-32(31-30-24)13-12-28-25(33)22-14-20-6-4-5-7-21(20)17(22)2/h4-11,16,23,30-31H,3,12-14H2,1-2H3,(H,28,33)(H,29,34). The average Bonchev–Trinajstić information content (AvgIpc) is 3.47. The summed E-state index contributed by atoms with van der Waals surface area (Å²) in [6, 6.07) is 17.1. The molecule has 2 aromatic carbocycles. The summed E-state index contributed by atoms with van der Waals surface area (Å²) < 4.78 is 0. The summed E-state index contributed by atoms with van der Waals surface area (Å²) in [6.07, 6.45) is 3.17. The molecule has 0 radical (unpaired) electrons. The van der Waals surface area contributed by atoms with Gasteiger partial charge in [0, 0.05) is 24.7 Å².